The van der Waals surface area contributed by atoms with Gasteiger partial charge in [-0.15, -0.1) is 11.6 Å². The maximum atomic E-state index is 6.59. The smallest absolute Gasteiger partial charge is 0.133 e. The van der Waals surface area contributed by atoms with E-state index in [2.05, 4.69) is 41.9 Å². The molecule has 0 N–H and O–H groups in total. The molecule has 3 atom stereocenters. The molecule has 4 heteroatoms. The second-order valence-corrected chi connectivity index (χ2v) is 6.29. The maximum absolute atomic E-state index is 6.59. The van der Waals surface area contributed by atoms with Crippen molar-refractivity contribution in [3.8, 4) is 5.75 Å². The van der Waals surface area contributed by atoms with Crippen LogP contribution in [-0.2, 0) is 4.74 Å². The lowest BCUT2D eigenvalue weighted by molar-refractivity contribution is 0.105. The molecular formula is C15H20BrClO2. The highest BCUT2D eigenvalue weighted by Gasteiger charge is 2.31. The van der Waals surface area contributed by atoms with Crippen molar-refractivity contribution >= 4 is 27.5 Å². The maximum Gasteiger partial charge on any atom is 0.133 e. The molecule has 0 saturated carbocycles. The molecule has 1 aliphatic rings. The monoisotopic (exact) mass is 346 g/mol. The summed E-state index contributed by atoms with van der Waals surface area (Å²) in [7, 11) is 0. The van der Waals surface area contributed by atoms with Crippen molar-refractivity contribution in [1.82, 2.24) is 0 Å². The van der Waals surface area contributed by atoms with Crippen molar-refractivity contribution in [2.75, 3.05) is 13.2 Å². The number of ether oxygens (including phenoxy) is 2. The lowest BCUT2D eigenvalue weighted by Crippen LogP contribution is -2.16. The zero-order valence-electron chi connectivity index (χ0n) is 11.4. The van der Waals surface area contributed by atoms with Crippen LogP contribution in [0.4, 0.5) is 0 Å². The van der Waals surface area contributed by atoms with Crippen LogP contribution in [0.5, 0.6) is 5.75 Å². The van der Waals surface area contributed by atoms with Gasteiger partial charge in [0.2, 0.25) is 0 Å². The number of benzene rings is 1. The summed E-state index contributed by atoms with van der Waals surface area (Å²) >= 11 is 10.1. The first-order valence-electron chi connectivity index (χ1n) is 6.81. The number of halogens is 2. The fourth-order valence-corrected chi connectivity index (χ4v) is 3.38. The largest absolute Gasteiger partial charge is 0.492 e. The van der Waals surface area contributed by atoms with Gasteiger partial charge in [-0.3, -0.25) is 0 Å². The standard InChI is InChI=1S/C15H20BrClO2/c1-3-7-19-14-5-4-11(9-13(14)16)15(17)12-6-8-18-10(12)2/h4-5,9-10,12,15H,3,6-8H2,1-2H3. The average Bonchev–Trinajstić information content (AvgIpc) is 2.82. The Bertz CT molecular complexity index is 425. The molecule has 1 saturated heterocycles. The second-order valence-electron chi connectivity index (χ2n) is 4.97. The van der Waals surface area contributed by atoms with E-state index in [4.69, 9.17) is 21.1 Å². The molecule has 1 aromatic rings. The zero-order valence-corrected chi connectivity index (χ0v) is 13.7. The lowest BCUT2D eigenvalue weighted by Gasteiger charge is -2.21. The molecule has 0 aromatic heterocycles. The van der Waals surface area contributed by atoms with Crippen LogP contribution in [0.2, 0.25) is 0 Å². The zero-order chi connectivity index (χ0) is 13.8. The molecule has 1 heterocycles. The summed E-state index contributed by atoms with van der Waals surface area (Å²) in [5.74, 6) is 1.26. The van der Waals surface area contributed by atoms with E-state index < -0.39 is 0 Å². The van der Waals surface area contributed by atoms with Gasteiger partial charge in [-0.2, -0.15) is 0 Å². The highest BCUT2D eigenvalue weighted by Crippen LogP contribution is 2.40. The third-order valence-corrected chi connectivity index (χ3v) is 4.74. The predicted octanol–water partition coefficient (Wildman–Crippen LogP) is 4.94. The van der Waals surface area contributed by atoms with Gasteiger partial charge in [0.15, 0.2) is 0 Å². The first-order valence-corrected chi connectivity index (χ1v) is 8.04. The first kappa shape index (κ1) is 15.1. The average molecular weight is 348 g/mol. The van der Waals surface area contributed by atoms with Gasteiger partial charge < -0.3 is 9.47 Å². The molecule has 0 spiro atoms. The van der Waals surface area contributed by atoms with Crippen LogP contribution < -0.4 is 4.74 Å². The summed E-state index contributed by atoms with van der Waals surface area (Å²) in [5, 5.41) is -0.00553. The van der Waals surface area contributed by atoms with Gasteiger partial charge in [-0.05, 0) is 53.4 Å². The van der Waals surface area contributed by atoms with Gasteiger partial charge >= 0.3 is 0 Å². The Morgan fingerprint density at radius 3 is 2.89 bits per heavy atom. The van der Waals surface area contributed by atoms with Crippen LogP contribution in [0.15, 0.2) is 22.7 Å². The third-order valence-electron chi connectivity index (χ3n) is 3.55. The van der Waals surface area contributed by atoms with E-state index in [0.717, 1.165) is 41.8 Å². The van der Waals surface area contributed by atoms with Crippen LogP contribution in [-0.4, -0.2) is 19.3 Å². The predicted molar refractivity (Wildman–Crippen MR) is 82.0 cm³/mol. The highest BCUT2D eigenvalue weighted by molar-refractivity contribution is 9.10. The van der Waals surface area contributed by atoms with E-state index in [1.807, 2.05) is 6.07 Å². The molecule has 0 bridgehead atoms. The molecule has 3 unspecified atom stereocenters. The molecule has 2 nitrogen and oxygen atoms in total. The first-order chi connectivity index (χ1) is 9.13. The normalized spacial score (nSPS) is 24.4. The number of hydrogen-bond acceptors (Lipinski definition) is 2. The molecule has 1 aliphatic heterocycles. The number of rotatable bonds is 5. The summed E-state index contributed by atoms with van der Waals surface area (Å²) in [6.45, 7) is 5.74. The summed E-state index contributed by atoms with van der Waals surface area (Å²) < 4.78 is 12.2. The van der Waals surface area contributed by atoms with Crippen LogP contribution in [0, 0.1) is 5.92 Å². The van der Waals surface area contributed by atoms with Crippen molar-refractivity contribution in [3.63, 3.8) is 0 Å². The molecule has 106 valence electrons. The van der Waals surface area contributed by atoms with E-state index >= 15 is 0 Å². The minimum absolute atomic E-state index is 0.00553. The van der Waals surface area contributed by atoms with Crippen LogP contribution in [0.25, 0.3) is 0 Å². The van der Waals surface area contributed by atoms with E-state index in [-0.39, 0.29) is 11.5 Å². The van der Waals surface area contributed by atoms with Crippen molar-refractivity contribution in [3.05, 3.63) is 28.2 Å². The minimum Gasteiger partial charge on any atom is -0.492 e. The lowest BCUT2D eigenvalue weighted by atomic mass is 9.93. The summed E-state index contributed by atoms with van der Waals surface area (Å²) in [4.78, 5) is 0. The minimum atomic E-state index is -0.00553. The van der Waals surface area contributed by atoms with Crippen LogP contribution >= 0.6 is 27.5 Å². The molecule has 1 aromatic carbocycles. The van der Waals surface area contributed by atoms with Crippen molar-refractivity contribution in [1.29, 1.82) is 0 Å². The Kier molecular flexibility index (Phi) is 5.55. The molecule has 1 fully saturated rings. The molecule has 0 radical (unpaired) electrons. The summed E-state index contributed by atoms with van der Waals surface area (Å²) in [6.07, 6.45) is 2.27. The topological polar surface area (TPSA) is 18.5 Å². The van der Waals surface area contributed by atoms with E-state index in [1.165, 1.54) is 0 Å². The number of alkyl halides is 1. The Hall–Kier alpha value is -0.250. The number of hydrogen-bond donors (Lipinski definition) is 0. The van der Waals surface area contributed by atoms with Gasteiger partial charge in [-0.25, -0.2) is 0 Å². The van der Waals surface area contributed by atoms with Crippen molar-refractivity contribution < 1.29 is 9.47 Å². The fraction of sp³-hybridized carbons (Fsp3) is 0.600. The van der Waals surface area contributed by atoms with E-state index in [1.54, 1.807) is 0 Å². The molecule has 0 aliphatic carbocycles. The van der Waals surface area contributed by atoms with Crippen molar-refractivity contribution in [2.45, 2.75) is 38.2 Å². The van der Waals surface area contributed by atoms with Gasteiger partial charge in [0.25, 0.3) is 0 Å². The third kappa shape index (κ3) is 3.65. The Labute approximate surface area is 128 Å². The van der Waals surface area contributed by atoms with E-state index in [0.29, 0.717) is 5.92 Å². The Morgan fingerprint density at radius 2 is 2.32 bits per heavy atom. The van der Waals surface area contributed by atoms with Gasteiger partial charge in [0.1, 0.15) is 5.75 Å². The van der Waals surface area contributed by atoms with Gasteiger partial charge in [0, 0.05) is 12.5 Å². The van der Waals surface area contributed by atoms with Gasteiger partial charge in [-0.1, -0.05) is 13.0 Å². The Balaban J connectivity index is 2.10. The molecular weight excluding hydrogens is 328 g/mol. The molecule has 0 amide bonds. The highest BCUT2D eigenvalue weighted by atomic mass is 79.9. The molecule has 2 rings (SSSR count). The fourth-order valence-electron chi connectivity index (χ4n) is 2.40. The quantitative estimate of drug-likeness (QED) is 0.702. The molecule has 19 heavy (non-hydrogen) atoms. The van der Waals surface area contributed by atoms with Crippen LogP contribution in [0.3, 0.4) is 0 Å². The Morgan fingerprint density at radius 1 is 1.53 bits per heavy atom. The summed E-state index contributed by atoms with van der Waals surface area (Å²) in [6, 6.07) is 6.11. The van der Waals surface area contributed by atoms with E-state index in [9.17, 15) is 0 Å². The second kappa shape index (κ2) is 6.96. The summed E-state index contributed by atoms with van der Waals surface area (Å²) in [5.41, 5.74) is 1.12. The SMILES string of the molecule is CCCOc1ccc(C(Cl)C2CCOC2C)cc1Br. The van der Waals surface area contributed by atoms with Crippen LogP contribution in [0.1, 0.15) is 37.6 Å². The van der Waals surface area contributed by atoms with Gasteiger partial charge in [0.05, 0.1) is 22.6 Å². The van der Waals surface area contributed by atoms with Crippen molar-refractivity contribution in [2.24, 2.45) is 5.92 Å².